The molecule has 6 heteroatoms. The molecule has 0 N–H and O–H groups in total. The Morgan fingerprint density at radius 3 is 1.44 bits per heavy atom. The minimum atomic E-state index is 0.593. The van der Waals surface area contributed by atoms with Gasteiger partial charge in [-0.25, -0.2) is 0 Å². The summed E-state index contributed by atoms with van der Waals surface area (Å²) in [6, 6.07) is 17.1. The zero-order valence-corrected chi connectivity index (χ0v) is 20.5. The van der Waals surface area contributed by atoms with Gasteiger partial charge in [-0.2, -0.15) is 0 Å². The standard InChI is InChI=1S/C28H38N2O4/c1-29(2)27-11-7-25(8-12-27)5-3-4-6-26-9-13-28(14-10-26)30-15-17-31-19-21-33-23-24-34-22-20-32-18-16-30/h3-14H,15-24H2,1-2H3/b5-3+,6-4+. The average molecular weight is 467 g/mol. The summed E-state index contributed by atoms with van der Waals surface area (Å²) in [5.74, 6) is 0. The maximum atomic E-state index is 5.74. The summed E-state index contributed by atoms with van der Waals surface area (Å²) < 4.78 is 22.5. The van der Waals surface area contributed by atoms with E-state index in [2.05, 4.69) is 82.6 Å². The largest absolute Gasteiger partial charge is 0.378 e. The molecule has 0 aromatic heterocycles. The van der Waals surface area contributed by atoms with E-state index in [4.69, 9.17) is 18.9 Å². The molecular formula is C28H38N2O4. The van der Waals surface area contributed by atoms with Gasteiger partial charge in [-0.1, -0.05) is 48.6 Å². The van der Waals surface area contributed by atoms with Gasteiger partial charge in [-0.05, 0) is 35.4 Å². The van der Waals surface area contributed by atoms with Crippen LogP contribution in [0.3, 0.4) is 0 Å². The molecule has 0 saturated carbocycles. The summed E-state index contributed by atoms with van der Waals surface area (Å²) >= 11 is 0. The van der Waals surface area contributed by atoms with Gasteiger partial charge in [0.25, 0.3) is 0 Å². The van der Waals surface area contributed by atoms with Crippen molar-refractivity contribution in [3.8, 4) is 0 Å². The molecule has 1 fully saturated rings. The first-order chi connectivity index (χ1) is 16.7. The van der Waals surface area contributed by atoms with Crippen LogP contribution in [0, 0.1) is 0 Å². The van der Waals surface area contributed by atoms with Gasteiger partial charge in [0.1, 0.15) is 0 Å². The predicted octanol–water partition coefficient (Wildman–Crippen LogP) is 4.37. The van der Waals surface area contributed by atoms with Gasteiger partial charge in [-0.3, -0.25) is 0 Å². The lowest BCUT2D eigenvalue weighted by molar-refractivity contribution is 0.00206. The Bertz CT molecular complexity index is 847. The summed E-state index contributed by atoms with van der Waals surface area (Å²) in [5, 5.41) is 0. The van der Waals surface area contributed by atoms with Crippen LogP contribution in [0.4, 0.5) is 11.4 Å². The van der Waals surface area contributed by atoms with Crippen molar-refractivity contribution in [2.45, 2.75) is 0 Å². The Morgan fingerprint density at radius 1 is 0.588 bits per heavy atom. The molecular weight excluding hydrogens is 428 g/mol. The van der Waals surface area contributed by atoms with Crippen LogP contribution >= 0.6 is 0 Å². The molecule has 0 atom stereocenters. The fourth-order valence-corrected chi connectivity index (χ4v) is 3.49. The fourth-order valence-electron chi connectivity index (χ4n) is 3.49. The highest BCUT2D eigenvalue weighted by molar-refractivity contribution is 5.61. The molecule has 1 aliphatic heterocycles. The lowest BCUT2D eigenvalue weighted by Gasteiger charge is -2.25. The maximum absolute atomic E-state index is 5.74. The summed E-state index contributed by atoms with van der Waals surface area (Å²) in [5.41, 5.74) is 4.72. The molecule has 184 valence electrons. The number of hydrogen-bond donors (Lipinski definition) is 0. The van der Waals surface area contributed by atoms with Gasteiger partial charge in [0.2, 0.25) is 0 Å². The molecule has 3 rings (SSSR count). The predicted molar refractivity (Wildman–Crippen MR) is 141 cm³/mol. The SMILES string of the molecule is CN(C)c1ccc(/C=C/C=C/c2ccc(N3CCOCCOCCOCCOCC3)cc2)cc1. The van der Waals surface area contributed by atoms with Gasteiger partial charge in [-0.15, -0.1) is 0 Å². The van der Waals surface area contributed by atoms with Crippen LogP contribution in [0.1, 0.15) is 11.1 Å². The molecule has 6 nitrogen and oxygen atoms in total. The molecule has 0 bridgehead atoms. The molecule has 1 saturated heterocycles. The molecule has 0 aliphatic carbocycles. The minimum Gasteiger partial charge on any atom is -0.378 e. The summed E-state index contributed by atoms with van der Waals surface area (Å²) in [6.07, 6.45) is 8.38. The fraction of sp³-hybridized carbons (Fsp3) is 0.429. The second kappa shape index (κ2) is 15.3. The molecule has 1 aliphatic rings. The van der Waals surface area contributed by atoms with E-state index in [1.54, 1.807) is 0 Å². The van der Waals surface area contributed by atoms with Crippen molar-refractivity contribution in [1.29, 1.82) is 0 Å². The number of anilines is 2. The normalized spacial score (nSPS) is 17.5. The second-order valence-corrected chi connectivity index (χ2v) is 8.23. The highest BCUT2D eigenvalue weighted by Crippen LogP contribution is 2.17. The monoisotopic (exact) mass is 466 g/mol. The third-order valence-electron chi connectivity index (χ3n) is 5.48. The number of rotatable bonds is 5. The number of ether oxygens (including phenoxy) is 4. The van der Waals surface area contributed by atoms with Gasteiger partial charge in [0.05, 0.1) is 52.9 Å². The molecule has 34 heavy (non-hydrogen) atoms. The molecule has 0 amide bonds. The van der Waals surface area contributed by atoms with Gasteiger partial charge in [0.15, 0.2) is 0 Å². The Labute approximate surface area is 204 Å². The molecule has 2 aromatic carbocycles. The first-order valence-corrected chi connectivity index (χ1v) is 12.0. The van der Waals surface area contributed by atoms with Gasteiger partial charge >= 0.3 is 0 Å². The molecule has 1 heterocycles. The lowest BCUT2D eigenvalue weighted by Crippen LogP contribution is -2.31. The van der Waals surface area contributed by atoms with E-state index >= 15 is 0 Å². The van der Waals surface area contributed by atoms with Crippen LogP contribution in [-0.2, 0) is 18.9 Å². The topological polar surface area (TPSA) is 43.4 Å². The first-order valence-electron chi connectivity index (χ1n) is 12.0. The highest BCUT2D eigenvalue weighted by atomic mass is 16.6. The van der Waals surface area contributed by atoms with Crippen molar-refractivity contribution in [3.05, 3.63) is 71.8 Å². The quantitative estimate of drug-likeness (QED) is 0.610. The van der Waals surface area contributed by atoms with Crippen molar-refractivity contribution in [2.24, 2.45) is 0 Å². The highest BCUT2D eigenvalue weighted by Gasteiger charge is 2.07. The van der Waals surface area contributed by atoms with E-state index in [9.17, 15) is 0 Å². The van der Waals surface area contributed by atoms with E-state index < -0.39 is 0 Å². The van der Waals surface area contributed by atoms with Crippen molar-refractivity contribution >= 4 is 23.5 Å². The van der Waals surface area contributed by atoms with E-state index in [-0.39, 0.29) is 0 Å². The Hall–Kier alpha value is -2.64. The summed E-state index contributed by atoms with van der Waals surface area (Å²) in [4.78, 5) is 4.40. The van der Waals surface area contributed by atoms with E-state index in [0.29, 0.717) is 52.9 Å². The summed E-state index contributed by atoms with van der Waals surface area (Å²) in [7, 11) is 4.10. The van der Waals surface area contributed by atoms with Crippen molar-refractivity contribution in [2.75, 3.05) is 89.8 Å². The Kier molecular flexibility index (Phi) is 11.7. The number of hydrogen-bond acceptors (Lipinski definition) is 6. The van der Waals surface area contributed by atoms with E-state index in [1.165, 1.54) is 11.3 Å². The van der Waals surface area contributed by atoms with Crippen LogP contribution in [-0.4, -0.2) is 80.0 Å². The lowest BCUT2D eigenvalue weighted by atomic mass is 10.1. The van der Waals surface area contributed by atoms with Gasteiger partial charge in [0, 0.05) is 38.6 Å². The Balaban J connectivity index is 1.52. The minimum absolute atomic E-state index is 0.593. The smallest absolute Gasteiger partial charge is 0.0701 e. The zero-order chi connectivity index (χ0) is 23.8. The van der Waals surface area contributed by atoms with Crippen LogP contribution in [0.2, 0.25) is 0 Å². The van der Waals surface area contributed by atoms with Crippen molar-refractivity contribution in [3.63, 3.8) is 0 Å². The average Bonchev–Trinajstić information content (AvgIpc) is 2.87. The number of allylic oxidation sites excluding steroid dienone is 2. The van der Waals surface area contributed by atoms with Crippen LogP contribution < -0.4 is 9.80 Å². The van der Waals surface area contributed by atoms with Crippen LogP contribution in [0.25, 0.3) is 12.2 Å². The molecule has 0 spiro atoms. The van der Waals surface area contributed by atoms with Gasteiger partial charge < -0.3 is 28.7 Å². The number of benzene rings is 2. The van der Waals surface area contributed by atoms with Crippen molar-refractivity contribution in [1.82, 2.24) is 0 Å². The van der Waals surface area contributed by atoms with E-state index in [1.807, 2.05) is 14.1 Å². The zero-order valence-electron chi connectivity index (χ0n) is 20.5. The third kappa shape index (κ3) is 9.69. The molecule has 2 aromatic rings. The van der Waals surface area contributed by atoms with Crippen LogP contribution in [0.15, 0.2) is 60.7 Å². The Morgan fingerprint density at radius 2 is 1.00 bits per heavy atom. The first kappa shape index (κ1) is 26.0. The van der Waals surface area contributed by atoms with E-state index in [0.717, 1.165) is 24.3 Å². The second-order valence-electron chi connectivity index (χ2n) is 8.23. The molecule has 0 unspecified atom stereocenters. The van der Waals surface area contributed by atoms with Crippen LogP contribution in [0.5, 0.6) is 0 Å². The number of nitrogens with zero attached hydrogens (tertiary/aromatic N) is 2. The third-order valence-corrected chi connectivity index (χ3v) is 5.48. The summed E-state index contributed by atoms with van der Waals surface area (Å²) in [6.45, 7) is 6.50. The molecule has 0 radical (unpaired) electrons. The maximum Gasteiger partial charge on any atom is 0.0701 e. The van der Waals surface area contributed by atoms with Crippen molar-refractivity contribution < 1.29 is 18.9 Å².